The smallest absolute Gasteiger partial charge is 0.264 e. The monoisotopic (exact) mass is 376 g/mol. The zero-order valence-electron chi connectivity index (χ0n) is 14.3. The minimum atomic E-state index is -3.71. The third kappa shape index (κ3) is 3.52. The van der Waals surface area contributed by atoms with E-state index in [1.807, 2.05) is 26.0 Å². The Kier molecular flexibility index (Phi) is 4.79. The van der Waals surface area contributed by atoms with Crippen LogP contribution >= 0.6 is 11.8 Å². The van der Waals surface area contributed by atoms with Gasteiger partial charge < -0.3 is 5.32 Å². The van der Waals surface area contributed by atoms with Crippen LogP contribution in [0.5, 0.6) is 0 Å². The fraction of sp³-hybridized carbons (Fsp3) is 0.278. The van der Waals surface area contributed by atoms with Crippen molar-refractivity contribution in [2.75, 3.05) is 22.4 Å². The minimum Gasteiger partial charge on any atom is -0.325 e. The quantitative estimate of drug-likeness (QED) is 0.890. The third-order valence-electron chi connectivity index (χ3n) is 4.20. The number of fused-ring (bicyclic) bond motifs is 1. The van der Waals surface area contributed by atoms with Gasteiger partial charge in [-0.25, -0.2) is 8.42 Å². The van der Waals surface area contributed by atoms with Crippen molar-refractivity contribution in [2.45, 2.75) is 23.6 Å². The Balaban J connectivity index is 1.97. The van der Waals surface area contributed by atoms with Crippen LogP contribution in [0.2, 0.25) is 0 Å². The molecule has 1 atom stereocenters. The molecule has 1 aliphatic rings. The number of nitrogens with zero attached hydrogens (tertiary/aromatic N) is 1. The second-order valence-corrected chi connectivity index (χ2v) is 9.20. The Morgan fingerprint density at radius 3 is 2.52 bits per heavy atom. The maximum atomic E-state index is 12.9. The normalized spacial score (nSPS) is 17.4. The minimum absolute atomic E-state index is 0.0901. The molecule has 0 saturated carbocycles. The third-order valence-corrected chi connectivity index (χ3v) is 7.32. The summed E-state index contributed by atoms with van der Waals surface area (Å²) in [6, 6.07) is 12.2. The summed E-state index contributed by atoms with van der Waals surface area (Å²) in [5.74, 6) is 0.467. The number of thioether (sulfide) groups is 1. The molecule has 2 aromatic rings. The predicted octanol–water partition coefficient (Wildman–Crippen LogP) is 3.50. The molecule has 0 spiro atoms. The second kappa shape index (κ2) is 6.72. The van der Waals surface area contributed by atoms with Crippen LogP contribution in [0.25, 0.3) is 0 Å². The van der Waals surface area contributed by atoms with Crippen molar-refractivity contribution < 1.29 is 13.2 Å². The van der Waals surface area contributed by atoms with Gasteiger partial charge in [0.15, 0.2) is 0 Å². The summed E-state index contributed by atoms with van der Waals surface area (Å²) >= 11 is 1.56. The van der Waals surface area contributed by atoms with Crippen LogP contribution in [-0.4, -0.2) is 27.1 Å². The van der Waals surface area contributed by atoms with Gasteiger partial charge in [0, 0.05) is 23.6 Å². The van der Waals surface area contributed by atoms with Gasteiger partial charge in [-0.3, -0.25) is 9.10 Å². The lowest BCUT2D eigenvalue weighted by atomic mass is 10.2. The Hall–Kier alpha value is -1.99. The number of carbonyl (C=O) groups is 1. The molecule has 1 N–H and O–H groups in total. The number of sulfonamides is 1. The average Bonchev–Trinajstić information content (AvgIpc) is 2.73. The van der Waals surface area contributed by atoms with Crippen LogP contribution in [-0.2, 0) is 14.8 Å². The number of anilines is 2. The van der Waals surface area contributed by atoms with Gasteiger partial charge in [0.1, 0.15) is 0 Å². The molecule has 25 heavy (non-hydrogen) atoms. The van der Waals surface area contributed by atoms with Gasteiger partial charge in [-0.15, -0.1) is 11.8 Å². The van der Waals surface area contributed by atoms with E-state index < -0.39 is 10.0 Å². The number of nitrogens with one attached hydrogen (secondary N) is 1. The lowest BCUT2D eigenvalue weighted by molar-refractivity contribution is -0.118. The molecule has 132 valence electrons. The van der Waals surface area contributed by atoms with E-state index in [1.165, 1.54) is 17.4 Å². The van der Waals surface area contributed by atoms with Crippen LogP contribution < -0.4 is 9.62 Å². The van der Waals surface area contributed by atoms with Gasteiger partial charge in [0.25, 0.3) is 10.0 Å². The highest BCUT2D eigenvalue weighted by molar-refractivity contribution is 7.99. The van der Waals surface area contributed by atoms with E-state index in [1.54, 1.807) is 36.0 Å². The Bertz CT molecular complexity index is 908. The highest BCUT2D eigenvalue weighted by atomic mass is 32.2. The zero-order chi connectivity index (χ0) is 18.2. The van der Waals surface area contributed by atoms with Gasteiger partial charge in [0.2, 0.25) is 5.91 Å². The van der Waals surface area contributed by atoms with E-state index in [0.29, 0.717) is 17.1 Å². The first-order chi connectivity index (χ1) is 11.8. The van der Waals surface area contributed by atoms with Gasteiger partial charge >= 0.3 is 0 Å². The lowest BCUT2D eigenvalue weighted by Crippen LogP contribution is -2.26. The molecule has 2 aromatic carbocycles. The van der Waals surface area contributed by atoms with E-state index >= 15 is 0 Å². The van der Waals surface area contributed by atoms with E-state index in [0.717, 1.165) is 10.5 Å². The standard InChI is InChI=1S/C18H20N2O3S2/c1-12-4-6-14(7-5-12)20(3)25(22,23)15-8-9-17-16(10-15)19-18(21)13(2)11-24-17/h4-10,13H,11H2,1-3H3,(H,19,21). The van der Waals surface area contributed by atoms with E-state index in [2.05, 4.69) is 5.32 Å². The topological polar surface area (TPSA) is 66.5 Å². The number of carbonyl (C=O) groups excluding carboxylic acids is 1. The first-order valence-corrected chi connectivity index (χ1v) is 10.3. The molecular formula is C18H20N2O3S2. The molecule has 3 rings (SSSR count). The molecule has 0 saturated heterocycles. The summed E-state index contributed by atoms with van der Waals surface area (Å²) in [7, 11) is -2.18. The summed E-state index contributed by atoms with van der Waals surface area (Å²) in [6.45, 7) is 3.81. The van der Waals surface area contributed by atoms with Crippen molar-refractivity contribution >= 4 is 39.1 Å². The zero-order valence-corrected chi connectivity index (χ0v) is 15.9. The molecule has 0 aromatic heterocycles. The van der Waals surface area contributed by atoms with Crippen LogP contribution in [0.15, 0.2) is 52.3 Å². The summed E-state index contributed by atoms with van der Waals surface area (Å²) in [5, 5.41) is 2.83. The van der Waals surface area contributed by atoms with E-state index in [9.17, 15) is 13.2 Å². The number of hydrogen-bond acceptors (Lipinski definition) is 4. The molecule has 0 aliphatic carbocycles. The van der Waals surface area contributed by atoms with Crippen molar-refractivity contribution in [3.05, 3.63) is 48.0 Å². The molecule has 1 amide bonds. The van der Waals surface area contributed by atoms with Gasteiger partial charge in [-0.2, -0.15) is 0 Å². The van der Waals surface area contributed by atoms with Gasteiger partial charge in [-0.1, -0.05) is 24.6 Å². The molecule has 1 unspecified atom stereocenters. The molecule has 1 aliphatic heterocycles. The van der Waals surface area contributed by atoms with Crippen molar-refractivity contribution in [3.63, 3.8) is 0 Å². The van der Waals surface area contributed by atoms with Crippen LogP contribution in [0.3, 0.4) is 0 Å². The molecule has 0 fully saturated rings. The molecule has 1 heterocycles. The van der Waals surface area contributed by atoms with Crippen molar-refractivity contribution in [2.24, 2.45) is 5.92 Å². The number of aryl methyl sites for hydroxylation is 1. The Morgan fingerprint density at radius 1 is 1.16 bits per heavy atom. The van der Waals surface area contributed by atoms with E-state index in [4.69, 9.17) is 0 Å². The van der Waals surface area contributed by atoms with Gasteiger partial charge in [-0.05, 0) is 37.3 Å². The predicted molar refractivity (Wildman–Crippen MR) is 102 cm³/mol. The van der Waals surface area contributed by atoms with E-state index in [-0.39, 0.29) is 16.7 Å². The number of benzene rings is 2. The molecular weight excluding hydrogens is 356 g/mol. The largest absolute Gasteiger partial charge is 0.325 e. The fourth-order valence-electron chi connectivity index (χ4n) is 2.49. The fourth-order valence-corrected chi connectivity index (χ4v) is 4.72. The Labute approximate surface area is 152 Å². The van der Waals surface area contributed by atoms with Crippen LogP contribution in [0.4, 0.5) is 11.4 Å². The first-order valence-electron chi connectivity index (χ1n) is 7.92. The average molecular weight is 377 g/mol. The highest BCUT2D eigenvalue weighted by Crippen LogP contribution is 2.35. The lowest BCUT2D eigenvalue weighted by Gasteiger charge is -2.20. The number of rotatable bonds is 3. The van der Waals surface area contributed by atoms with Crippen molar-refractivity contribution in [1.29, 1.82) is 0 Å². The van der Waals surface area contributed by atoms with Crippen LogP contribution in [0.1, 0.15) is 12.5 Å². The first kappa shape index (κ1) is 17.8. The molecule has 7 heteroatoms. The number of hydrogen-bond donors (Lipinski definition) is 1. The summed E-state index contributed by atoms with van der Waals surface area (Å²) < 4.78 is 27.1. The van der Waals surface area contributed by atoms with Crippen LogP contribution in [0, 0.1) is 12.8 Å². The van der Waals surface area contributed by atoms with Crippen molar-refractivity contribution in [3.8, 4) is 0 Å². The highest BCUT2D eigenvalue weighted by Gasteiger charge is 2.25. The SMILES string of the molecule is Cc1ccc(N(C)S(=O)(=O)c2ccc3c(c2)NC(=O)C(C)CS3)cc1. The maximum absolute atomic E-state index is 12.9. The molecule has 5 nitrogen and oxygen atoms in total. The second-order valence-electron chi connectivity index (χ2n) is 6.17. The summed E-state index contributed by atoms with van der Waals surface area (Å²) in [5.41, 5.74) is 2.21. The van der Waals surface area contributed by atoms with Crippen molar-refractivity contribution in [1.82, 2.24) is 0 Å². The number of amides is 1. The van der Waals surface area contributed by atoms with Gasteiger partial charge in [0.05, 0.1) is 16.3 Å². The molecule has 0 radical (unpaired) electrons. The summed E-state index contributed by atoms with van der Waals surface area (Å²) in [4.78, 5) is 13.1. The molecule has 0 bridgehead atoms. The maximum Gasteiger partial charge on any atom is 0.264 e. The Morgan fingerprint density at radius 2 is 1.84 bits per heavy atom. The summed E-state index contributed by atoms with van der Waals surface area (Å²) in [6.07, 6.45) is 0.